The maximum absolute atomic E-state index is 13.1. The van der Waals surface area contributed by atoms with Crippen LogP contribution in [0.1, 0.15) is 43.7 Å². The van der Waals surface area contributed by atoms with Gasteiger partial charge in [-0.25, -0.2) is 8.42 Å². The van der Waals surface area contributed by atoms with Crippen molar-refractivity contribution in [1.29, 1.82) is 0 Å². The normalized spacial score (nSPS) is 11.8. The van der Waals surface area contributed by atoms with E-state index in [1.165, 1.54) is 27.6 Å². The minimum atomic E-state index is -3.72. The van der Waals surface area contributed by atoms with Gasteiger partial charge in [0, 0.05) is 36.5 Å². The highest BCUT2D eigenvalue weighted by Crippen LogP contribution is 2.27. The summed E-state index contributed by atoms with van der Waals surface area (Å²) in [4.78, 5) is 12.7. The number of halogens is 1. The standard InChI is InChI=1S/C27H31ClN2O3S/c1-21(2)30(34(32,33)25-15-13-24(28)14-16-25)20-18-27(31)29-19-17-26(22-9-5-3-6-10-22)23-11-7-4-8-12-23/h3-16,21,26H,17-20H2,1-2H3,(H,29,31). The molecule has 3 rings (SSSR count). The molecule has 0 unspecified atom stereocenters. The SMILES string of the molecule is CC(C)N(CCC(=O)NCCC(c1ccccc1)c1ccccc1)S(=O)(=O)c1ccc(Cl)cc1. The summed E-state index contributed by atoms with van der Waals surface area (Å²) in [6.45, 7) is 4.21. The van der Waals surface area contributed by atoms with Gasteiger partial charge in [0.2, 0.25) is 15.9 Å². The molecular formula is C27H31ClN2O3S. The van der Waals surface area contributed by atoms with E-state index in [4.69, 9.17) is 11.6 Å². The van der Waals surface area contributed by atoms with Crippen molar-refractivity contribution in [3.63, 3.8) is 0 Å². The van der Waals surface area contributed by atoms with Crippen LogP contribution in [0.3, 0.4) is 0 Å². The van der Waals surface area contributed by atoms with Crippen LogP contribution in [0.25, 0.3) is 0 Å². The molecule has 0 aliphatic carbocycles. The molecule has 5 nitrogen and oxygen atoms in total. The van der Waals surface area contributed by atoms with Crippen LogP contribution in [0.15, 0.2) is 89.8 Å². The van der Waals surface area contributed by atoms with E-state index in [9.17, 15) is 13.2 Å². The summed E-state index contributed by atoms with van der Waals surface area (Å²) in [5, 5.41) is 3.44. The highest BCUT2D eigenvalue weighted by molar-refractivity contribution is 7.89. The molecule has 3 aromatic carbocycles. The molecule has 0 radical (unpaired) electrons. The first-order chi connectivity index (χ1) is 16.3. The Kier molecular flexibility index (Phi) is 9.28. The molecule has 0 aromatic heterocycles. The van der Waals surface area contributed by atoms with Gasteiger partial charge < -0.3 is 5.32 Å². The zero-order valence-electron chi connectivity index (χ0n) is 19.5. The number of benzene rings is 3. The number of hydrogen-bond acceptors (Lipinski definition) is 3. The topological polar surface area (TPSA) is 66.5 Å². The Bertz CT molecular complexity index is 1110. The van der Waals surface area contributed by atoms with Crippen LogP contribution < -0.4 is 5.32 Å². The van der Waals surface area contributed by atoms with Crippen LogP contribution >= 0.6 is 11.6 Å². The number of nitrogens with zero attached hydrogens (tertiary/aromatic N) is 1. The molecule has 180 valence electrons. The summed E-state index contributed by atoms with van der Waals surface area (Å²) in [5.74, 6) is -0.00280. The van der Waals surface area contributed by atoms with Crippen LogP contribution in [0, 0.1) is 0 Å². The Morgan fingerprint density at radius 2 is 1.41 bits per heavy atom. The summed E-state index contributed by atoms with van der Waals surface area (Å²) in [7, 11) is -3.72. The number of nitrogens with one attached hydrogen (secondary N) is 1. The lowest BCUT2D eigenvalue weighted by molar-refractivity contribution is -0.121. The first-order valence-electron chi connectivity index (χ1n) is 11.4. The second-order valence-electron chi connectivity index (χ2n) is 8.43. The van der Waals surface area contributed by atoms with Gasteiger partial charge in [0.15, 0.2) is 0 Å². The van der Waals surface area contributed by atoms with Gasteiger partial charge in [-0.2, -0.15) is 4.31 Å². The second-order valence-corrected chi connectivity index (χ2v) is 10.8. The highest BCUT2D eigenvalue weighted by Gasteiger charge is 2.27. The summed E-state index contributed by atoms with van der Waals surface area (Å²) in [6, 6.07) is 26.2. The summed E-state index contributed by atoms with van der Waals surface area (Å²) in [5.41, 5.74) is 2.39. The molecule has 0 heterocycles. The first-order valence-corrected chi connectivity index (χ1v) is 13.2. The fraction of sp³-hybridized carbons (Fsp3) is 0.296. The quantitative estimate of drug-likeness (QED) is 0.381. The molecular weight excluding hydrogens is 468 g/mol. The third kappa shape index (κ3) is 6.92. The van der Waals surface area contributed by atoms with Crippen molar-refractivity contribution in [1.82, 2.24) is 9.62 Å². The van der Waals surface area contributed by atoms with E-state index in [0.717, 1.165) is 6.42 Å². The van der Waals surface area contributed by atoms with E-state index in [0.29, 0.717) is 11.6 Å². The van der Waals surface area contributed by atoms with Crippen molar-refractivity contribution in [2.24, 2.45) is 0 Å². The molecule has 0 atom stereocenters. The summed E-state index contributed by atoms with van der Waals surface area (Å²) < 4.78 is 27.5. The van der Waals surface area contributed by atoms with Gasteiger partial charge in [0.25, 0.3) is 0 Å². The fourth-order valence-electron chi connectivity index (χ4n) is 3.95. The van der Waals surface area contributed by atoms with Gasteiger partial charge in [-0.1, -0.05) is 72.3 Å². The van der Waals surface area contributed by atoms with Crippen LogP contribution in [-0.2, 0) is 14.8 Å². The van der Waals surface area contributed by atoms with Crippen LogP contribution in [0.2, 0.25) is 5.02 Å². The number of amides is 1. The second kappa shape index (κ2) is 12.2. The first kappa shape index (κ1) is 25.9. The van der Waals surface area contributed by atoms with E-state index < -0.39 is 10.0 Å². The molecule has 0 saturated heterocycles. The van der Waals surface area contributed by atoms with Gasteiger partial charge in [0.1, 0.15) is 0 Å². The van der Waals surface area contributed by atoms with E-state index in [1.54, 1.807) is 26.0 Å². The maximum atomic E-state index is 13.1. The predicted molar refractivity (Wildman–Crippen MR) is 137 cm³/mol. The van der Waals surface area contributed by atoms with Crippen molar-refractivity contribution in [3.8, 4) is 0 Å². The molecule has 0 bridgehead atoms. The zero-order chi connectivity index (χ0) is 24.6. The molecule has 0 saturated carbocycles. The minimum Gasteiger partial charge on any atom is -0.356 e. The minimum absolute atomic E-state index is 0.0896. The fourth-order valence-corrected chi connectivity index (χ4v) is 5.71. The monoisotopic (exact) mass is 498 g/mol. The van der Waals surface area contributed by atoms with Crippen LogP contribution in [-0.4, -0.2) is 37.8 Å². The zero-order valence-corrected chi connectivity index (χ0v) is 21.1. The molecule has 0 fully saturated rings. The maximum Gasteiger partial charge on any atom is 0.243 e. The average Bonchev–Trinajstić information content (AvgIpc) is 2.83. The molecule has 1 N–H and O–H groups in total. The molecule has 0 aliphatic rings. The molecule has 0 spiro atoms. The number of carbonyl (C=O) groups excluding carboxylic acids is 1. The summed E-state index contributed by atoms with van der Waals surface area (Å²) >= 11 is 5.89. The van der Waals surface area contributed by atoms with Crippen molar-refractivity contribution in [2.75, 3.05) is 13.1 Å². The summed E-state index contributed by atoms with van der Waals surface area (Å²) in [6.07, 6.45) is 0.836. The van der Waals surface area contributed by atoms with Crippen molar-refractivity contribution in [2.45, 2.75) is 43.5 Å². The predicted octanol–water partition coefficient (Wildman–Crippen LogP) is 5.47. The average molecular weight is 499 g/mol. The lowest BCUT2D eigenvalue weighted by Gasteiger charge is -2.26. The molecule has 34 heavy (non-hydrogen) atoms. The molecule has 3 aromatic rings. The Morgan fingerprint density at radius 1 is 0.882 bits per heavy atom. The van der Waals surface area contributed by atoms with Gasteiger partial charge in [-0.3, -0.25) is 4.79 Å². The van der Waals surface area contributed by atoms with E-state index in [-0.39, 0.29) is 35.7 Å². The van der Waals surface area contributed by atoms with Crippen LogP contribution in [0.5, 0.6) is 0 Å². The molecule has 1 amide bonds. The van der Waals surface area contributed by atoms with Gasteiger partial charge >= 0.3 is 0 Å². The lowest BCUT2D eigenvalue weighted by Crippen LogP contribution is -2.39. The number of sulfonamides is 1. The largest absolute Gasteiger partial charge is 0.356 e. The Labute approximate surface area is 207 Å². The third-order valence-corrected chi connectivity index (χ3v) is 8.06. The smallest absolute Gasteiger partial charge is 0.243 e. The van der Waals surface area contributed by atoms with Gasteiger partial charge in [0.05, 0.1) is 4.90 Å². The molecule has 7 heteroatoms. The van der Waals surface area contributed by atoms with E-state index in [2.05, 4.69) is 29.6 Å². The van der Waals surface area contributed by atoms with Gasteiger partial charge in [-0.05, 0) is 55.7 Å². The van der Waals surface area contributed by atoms with Crippen molar-refractivity contribution >= 4 is 27.5 Å². The Hall–Kier alpha value is -2.67. The van der Waals surface area contributed by atoms with E-state index in [1.807, 2.05) is 36.4 Å². The lowest BCUT2D eigenvalue weighted by atomic mass is 9.88. The highest BCUT2D eigenvalue weighted by atomic mass is 35.5. The number of hydrogen-bond donors (Lipinski definition) is 1. The van der Waals surface area contributed by atoms with E-state index >= 15 is 0 Å². The van der Waals surface area contributed by atoms with Crippen molar-refractivity contribution in [3.05, 3.63) is 101 Å². The Morgan fingerprint density at radius 3 is 1.91 bits per heavy atom. The third-order valence-electron chi connectivity index (χ3n) is 5.71. The number of carbonyl (C=O) groups is 1. The van der Waals surface area contributed by atoms with Gasteiger partial charge in [-0.15, -0.1) is 0 Å². The Balaban J connectivity index is 1.59. The molecule has 0 aliphatic heterocycles. The van der Waals surface area contributed by atoms with Crippen LogP contribution in [0.4, 0.5) is 0 Å². The number of rotatable bonds is 11. The van der Waals surface area contributed by atoms with Crippen molar-refractivity contribution < 1.29 is 13.2 Å².